The van der Waals surface area contributed by atoms with Crippen LogP contribution in [0, 0.1) is 0 Å². The number of ether oxygens (including phenoxy) is 2. The van der Waals surface area contributed by atoms with E-state index in [0.717, 1.165) is 17.1 Å². The van der Waals surface area contributed by atoms with E-state index >= 15 is 0 Å². The van der Waals surface area contributed by atoms with Crippen LogP contribution in [0.3, 0.4) is 0 Å². The molecule has 0 saturated heterocycles. The van der Waals surface area contributed by atoms with Gasteiger partial charge >= 0.3 is 0 Å². The van der Waals surface area contributed by atoms with Crippen molar-refractivity contribution >= 4 is 23.0 Å². The van der Waals surface area contributed by atoms with Crippen LogP contribution in [0.25, 0.3) is 0 Å². The van der Waals surface area contributed by atoms with Crippen molar-refractivity contribution in [3.05, 3.63) is 115 Å². The van der Waals surface area contributed by atoms with Crippen LogP contribution in [0.4, 0.5) is 17.1 Å². The van der Waals surface area contributed by atoms with Crippen LogP contribution in [0.1, 0.15) is 10.4 Å². The second kappa shape index (κ2) is 10.7. The summed E-state index contributed by atoms with van der Waals surface area (Å²) in [5.41, 5.74) is 2.92. The van der Waals surface area contributed by atoms with Crippen LogP contribution in [-0.2, 0) is 0 Å². The molecule has 0 fully saturated rings. The SMILES string of the molecule is O=C(Nc1ccc(OCCOc2ccccc2)cc1)c1ccccc1Nc1ccccc1. The summed E-state index contributed by atoms with van der Waals surface area (Å²) in [4.78, 5) is 12.9. The molecule has 0 spiro atoms. The molecule has 0 aliphatic rings. The van der Waals surface area contributed by atoms with Gasteiger partial charge in [0, 0.05) is 11.4 Å². The molecule has 160 valence electrons. The lowest BCUT2D eigenvalue weighted by Gasteiger charge is -2.13. The van der Waals surface area contributed by atoms with Gasteiger partial charge in [-0.2, -0.15) is 0 Å². The first-order valence-electron chi connectivity index (χ1n) is 10.4. The Kier molecular flexibility index (Phi) is 7.01. The van der Waals surface area contributed by atoms with Crippen molar-refractivity contribution < 1.29 is 14.3 Å². The van der Waals surface area contributed by atoms with Crippen molar-refractivity contribution in [3.8, 4) is 11.5 Å². The summed E-state index contributed by atoms with van der Waals surface area (Å²) in [7, 11) is 0. The molecule has 32 heavy (non-hydrogen) atoms. The van der Waals surface area contributed by atoms with Crippen molar-refractivity contribution in [2.45, 2.75) is 0 Å². The van der Waals surface area contributed by atoms with E-state index in [2.05, 4.69) is 10.6 Å². The maximum Gasteiger partial charge on any atom is 0.257 e. The molecule has 0 heterocycles. The van der Waals surface area contributed by atoms with E-state index in [4.69, 9.17) is 9.47 Å². The van der Waals surface area contributed by atoms with Crippen molar-refractivity contribution in [2.24, 2.45) is 0 Å². The number of carbonyl (C=O) groups excluding carboxylic acids is 1. The van der Waals surface area contributed by atoms with Gasteiger partial charge in [-0.15, -0.1) is 0 Å². The highest BCUT2D eigenvalue weighted by molar-refractivity contribution is 6.08. The van der Waals surface area contributed by atoms with Crippen LogP contribution in [0.15, 0.2) is 109 Å². The molecule has 4 rings (SSSR count). The molecular formula is C27H24N2O3. The first-order valence-corrected chi connectivity index (χ1v) is 10.4. The summed E-state index contributed by atoms with van der Waals surface area (Å²) in [5, 5.41) is 6.24. The molecule has 5 heteroatoms. The summed E-state index contributed by atoms with van der Waals surface area (Å²) in [6, 6.07) is 34.1. The van der Waals surface area contributed by atoms with Gasteiger partial charge in [0.05, 0.1) is 11.3 Å². The largest absolute Gasteiger partial charge is 0.490 e. The zero-order valence-corrected chi connectivity index (χ0v) is 17.5. The lowest BCUT2D eigenvalue weighted by molar-refractivity contribution is 0.102. The molecule has 1 amide bonds. The van der Waals surface area contributed by atoms with Crippen molar-refractivity contribution in [1.82, 2.24) is 0 Å². The van der Waals surface area contributed by atoms with Gasteiger partial charge in [0.2, 0.25) is 0 Å². The minimum absolute atomic E-state index is 0.186. The van der Waals surface area contributed by atoms with E-state index in [1.165, 1.54) is 0 Å². The monoisotopic (exact) mass is 424 g/mol. The molecule has 2 N–H and O–H groups in total. The number of carbonyl (C=O) groups is 1. The van der Waals surface area contributed by atoms with Gasteiger partial charge in [-0.05, 0) is 60.7 Å². The number of hydrogen-bond acceptors (Lipinski definition) is 4. The summed E-state index contributed by atoms with van der Waals surface area (Å²) < 4.78 is 11.3. The Bertz CT molecular complexity index is 1130. The Balaban J connectivity index is 1.31. The highest BCUT2D eigenvalue weighted by Crippen LogP contribution is 2.23. The first kappa shape index (κ1) is 21.0. The molecule has 0 bridgehead atoms. The van der Waals surface area contributed by atoms with Gasteiger partial charge in [-0.25, -0.2) is 0 Å². The predicted octanol–water partition coefficient (Wildman–Crippen LogP) is 6.14. The van der Waals surface area contributed by atoms with E-state index in [9.17, 15) is 4.79 Å². The van der Waals surface area contributed by atoms with Crippen LogP contribution < -0.4 is 20.1 Å². The number of anilines is 3. The Labute approximate surface area is 187 Å². The molecule has 0 unspecified atom stereocenters. The summed E-state index contributed by atoms with van der Waals surface area (Å²) >= 11 is 0. The number of rotatable bonds is 9. The average molecular weight is 425 g/mol. The zero-order valence-electron chi connectivity index (χ0n) is 17.5. The fourth-order valence-corrected chi connectivity index (χ4v) is 3.14. The minimum Gasteiger partial charge on any atom is -0.490 e. The van der Waals surface area contributed by atoms with Crippen LogP contribution >= 0.6 is 0 Å². The third kappa shape index (κ3) is 5.89. The van der Waals surface area contributed by atoms with Gasteiger partial charge < -0.3 is 20.1 Å². The van der Waals surface area contributed by atoms with Crippen molar-refractivity contribution in [2.75, 3.05) is 23.8 Å². The zero-order chi connectivity index (χ0) is 22.0. The lowest BCUT2D eigenvalue weighted by Crippen LogP contribution is -2.14. The quantitative estimate of drug-likeness (QED) is 0.317. The Morgan fingerprint density at radius 3 is 1.84 bits per heavy atom. The van der Waals surface area contributed by atoms with E-state index in [1.807, 2.05) is 103 Å². The van der Waals surface area contributed by atoms with E-state index in [0.29, 0.717) is 30.2 Å². The molecule has 4 aromatic carbocycles. The smallest absolute Gasteiger partial charge is 0.257 e. The van der Waals surface area contributed by atoms with E-state index in [1.54, 1.807) is 6.07 Å². The summed E-state index contributed by atoms with van der Waals surface area (Å²) in [6.07, 6.45) is 0. The number of amides is 1. The molecule has 0 aromatic heterocycles. The summed E-state index contributed by atoms with van der Waals surface area (Å²) in [5.74, 6) is 1.34. The van der Waals surface area contributed by atoms with Crippen LogP contribution in [-0.4, -0.2) is 19.1 Å². The molecule has 0 radical (unpaired) electrons. The molecule has 4 aromatic rings. The Morgan fingerprint density at radius 1 is 0.594 bits per heavy atom. The topological polar surface area (TPSA) is 59.6 Å². The Morgan fingerprint density at radius 2 is 1.16 bits per heavy atom. The summed E-state index contributed by atoms with van der Waals surface area (Å²) in [6.45, 7) is 0.882. The number of hydrogen-bond donors (Lipinski definition) is 2. The fraction of sp³-hybridized carbons (Fsp3) is 0.0741. The molecule has 5 nitrogen and oxygen atoms in total. The van der Waals surface area contributed by atoms with Crippen LogP contribution in [0.5, 0.6) is 11.5 Å². The second-order valence-corrected chi connectivity index (χ2v) is 7.03. The second-order valence-electron chi connectivity index (χ2n) is 7.03. The normalized spacial score (nSPS) is 10.2. The van der Waals surface area contributed by atoms with Crippen molar-refractivity contribution in [3.63, 3.8) is 0 Å². The van der Waals surface area contributed by atoms with Gasteiger partial charge in [-0.1, -0.05) is 48.5 Å². The van der Waals surface area contributed by atoms with Crippen molar-refractivity contribution in [1.29, 1.82) is 0 Å². The number of para-hydroxylation sites is 3. The molecule has 0 aliphatic heterocycles. The Hall–Kier alpha value is -4.25. The van der Waals surface area contributed by atoms with Gasteiger partial charge in [-0.3, -0.25) is 4.79 Å². The van der Waals surface area contributed by atoms with E-state index in [-0.39, 0.29) is 5.91 Å². The average Bonchev–Trinajstić information content (AvgIpc) is 2.84. The minimum atomic E-state index is -0.186. The predicted molar refractivity (Wildman–Crippen MR) is 128 cm³/mol. The highest BCUT2D eigenvalue weighted by atomic mass is 16.5. The number of benzene rings is 4. The van der Waals surface area contributed by atoms with Crippen LogP contribution in [0.2, 0.25) is 0 Å². The molecular weight excluding hydrogens is 400 g/mol. The molecule has 0 saturated carbocycles. The first-order chi connectivity index (χ1) is 15.8. The van der Waals surface area contributed by atoms with Gasteiger partial charge in [0.1, 0.15) is 24.7 Å². The fourth-order valence-electron chi connectivity index (χ4n) is 3.14. The molecule has 0 aliphatic carbocycles. The molecule has 0 atom stereocenters. The standard InChI is InChI=1S/C27H24N2O3/c30-27(25-13-7-8-14-26(25)28-21-9-3-1-4-10-21)29-22-15-17-24(18-16-22)32-20-19-31-23-11-5-2-6-12-23/h1-18,28H,19-20H2,(H,29,30). The maximum absolute atomic E-state index is 12.9. The van der Waals surface area contributed by atoms with E-state index < -0.39 is 0 Å². The van der Waals surface area contributed by atoms with Gasteiger partial charge in [0.25, 0.3) is 5.91 Å². The third-order valence-electron chi connectivity index (χ3n) is 4.70. The number of nitrogens with one attached hydrogen (secondary N) is 2. The van der Waals surface area contributed by atoms with Gasteiger partial charge in [0.15, 0.2) is 0 Å². The maximum atomic E-state index is 12.9. The lowest BCUT2D eigenvalue weighted by atomic mass is 10.1. The third-order valence-corrected chi connectivity index (χ3v) is 4.70. The highest BCUT2D eigenvalue weighted by Gasteiger charge is 2.11.